The first-order chi connectivity index (χ1) is 9.47. The van der Waals surface area contributed by atoms with Crippen LogP contribution in [-0.2, 0) is 19.6 Å². The molecule has 0 atom stereocenters. The van der Waals surface area contributed by atoms with Gasteiger partial charge in [0.15, 0.2) is 0 Å². The Labute approximate surface area is 118 Å². The van der Waals surface area contributed by atoms with Gasteiger partial charge in [0.05, 0.1) is 17.1 Å². The maximum absolute atomic E-state index is 12.4. The zero-order chi connectivity index (χ0) is 15.2. The summed E-state index contributed by atoms with van der Waals surface area (Å²) >= 11 is 0. The minimum atomic E-state index is -3.90. The lowest BCUT2D eigenvalue weighted by atomic mass is 10.2. The smallest absolute Gasteiger partial charge is 0.321 e. The number of benzene rings is 1. The summed E-state index contributed by atoms with van der Waals surface area (Å²) in [6, 6.07) is 7.72. The van der Waals surface area contributed by atoms with E-state index in [9.17, 15) is 13.2 Å². The Morgan fingerprint density at radius 1 is 1.35 bits per heavy atom. The molecule has 1 rings (SSSR count). The molecule has 0 radical (unpaired) electrons. The van der Waals surface area contributed by atoms with Crippen molar-refractivity contribution in [2.45, 2.75) is 18.7 Å². The van der Waals surface area contributed by atoms with Gasteiger partial charge in [-0.2, -0.15) is 9.57 Å². The summed E-state index contributed by atoms with van der Waals surface area (Å²) in [7, 11) is -3.90. The summed E-state index contributed by atoms with van der Waals surface area (Å²) in [4.78, 5) is 11.3. The number of nitriles is 1. The van der Waals surface area contributed by atoms with Crippen LogP contribution in [0.4, 0.5) is 0 Å². The predicted molar refractivity (Wildman–Crippen MR) is 72.2 cm³/mol. The molecule has 0 bridgehead atoms. The molecule has 0 unspecified atom stereocenters. The first-order valence-corrected chi connectivity index (χ1v) is 7.56. The third-order valence-corrected chi connectivity index (χ3v) is 4.57. The van der Waals surface area contributed by atoms with Gasteiger partial charge in [0.1, 0.15) is 12.6 Å². The van der Waals surface area contributed by atoms with Crippen LogP contribution in [0.3, 0.4) is 0 Å². The van der Waals surface area contributed by atoms with Crippen molar-refractivity contribution in [3.05, 3.63) is 29.8 Å². The van der Waals surface area contributed by atoms with E-state index in [1.54, 1.807) is 19.9 Å². The Morgan fingerprint density at radius 2 is 2.00 bits per heavy atom. The molecular formula is C13H16N2O4S. The highest BCUT2D eigenvalue weighted by atomic mass is 32.2. The number of nitrogens with zero attached hydrogens (tertiary/aromatic N) is 2. The van der Waals surface area contributed by atoms with Gasteiger partial charge in [0.25, 0.3) is 0 Å². The zero-order valence-electron chi connectivity index (χ0n) is 11.4. The Kier molecular flexibility index (Phi) is 5.67. The van der Waals surface area contributed by atoms with Crippen LogP contribution in [0.25, 0.3) is 0 Å². The number of hydrogen-bond donors (Lipinski definition) is 0. The number of ether oxygens (including phenoxy) is 1. The highest BCUT2D eigenvalue weighted by Gasteiger charge is 2.27. The largest absolute Gasteiger partial charge is 0.465 e. The van der Waals surface area contributed by atoms with Gasteiger partial charge in [-0.1, -0.05) is 19.1 Å². The summed E-state index contributed by atoms with van der Waals surface area (Å²) in [5, 5.41) is 8.98. The van der Waals surface area contributed by atoms with Crippen molar-refractivity contribution in [2.24, 2.45) is 0 Å². The Hall–Kier alpha value is -1.91. The maximum Gasteiger partial charge on any atom is 0.321 e. The number of sulfonamides is 1. The highest BCUT2D eigenvalue weighted by molar-refractivity contribution is 7.89. The fourth-order valence-corrected chi connectivity index (χ4v) is 3.18. The van der Waals surface area contributed by atoms with E-state index in [0.717, 1.165) is 4.31 Å². The lowest BCUT2D eigenvalue weighted by Gasteiger charge is -2.19. The molecule has 0 aliphatic rings. The molecule has 0 saturated heterocycles. The molecule has 0 N–H and O–H groups in total. The van der Waals surface area contributed by atoms with Crippen LogP contribution in [0, 0.1) is 11.3 Å². The quantitative estimate of drug-likeness (QED) is 0.734. The van der Waals surface area contributed by atoms with Crippen molar-refractivity contribution in [3.63, 3.8) is 0 Å². The van der Waals surface area contributed by atoms with Crippen LogP contribution >= 0.6 is 0 Å². The molecular weight excluding hydrogens is 280 g/mol. The van der Waals surface area contributed by atoms with Gasteiger partial charge in [0, 0.05) is 6.54 Å². The van der Waals surface area contributed by atoms with Crippen molar-refractivity contribution in [3.8, 4) is 6.07 Å². The molecule has 6 nitrogen and oxygen atoms in total. The van der Waals surface area contributed by atoms with E-state index in [1.807, 2.05) is 6.07 Å². The Balaban J connectivity index is 3.13. The number of carbonyl (C=O) groups excluding carboxylic acids is 1. The standard InChI is InChI=1S/C13H16N2O4S/c1-3-15(10-13(16)19-4-2)20(17,18)12-8-6-5-7-11(12)9-14/h5-8H,3-4,10H2,1-2H3. The molecule has 0 fully saturated rings. The maximum atomic E-state index is 12.4. The Morgan fingerprint density at radius 3 is 2.55 bits per heavy atom. The second-order valence-electron chi connectivity index (χ2n) is 3.84. The molecule has 1 aromatic rings. The van der Waals surface area contributed by atoms with E-state index >= 15 is 0 Å². The second-order valence-corrected chi connectivity index (χ2v) is 5.75. The van der Waals surface area contributed by atoms with E-state index in [-0.39, 0.29) is 30.2 Å². The first-order valence-electron chi connectivity index (χ1n) is 6.12. The van der Waals surface area contributed by atoms with Gasteiger partial charge in [0.2, 0.25) is 10.0 Å². The number of likely N-dealkylation sites (N-methyl/N-ethyl adjacent to an activating group) is 1. The molecule has 0 aliphatic heterocycles. The molecule has 0 aliphatic carbocycles. The molecule has 7 heteroatoms. The van der Waals surface area contributed by atoms with E-state index in [1.165, 1.54) is 18.2 Å². The van der Waals surface area contributed by atoms with Crippen LogP contribution in [0.15, 0.2) is 29.2 Å². The molecule has 0 amide bonds. The summed E-state index contributed by atoms with van der Waals surface area (Å²) in [5.74, 6) is -0.618. The van der Waals surface area contributed by atoms with E-state index in [4.69, 9.17) is 10.00 Å². The summed E-state index contributed by atoms with van der Waals surface area (Å²) in [6.45, 7) is 3.19. The molecule has 0 spiro atoms. The SMILES string of the molecule is CCOC(=O)CN(CC)S(=O)(=O)c1ccccc1C#N. The van der Waals surface area contributed by atoms with Gasteiger partial charge in [-0.15, -0.1) is 0 Å². The van der Waals surface area contributed by atoms with Crippen LogP contribution in [-0.4, -0.2) is 38.4 Å². The summed E-state index contributed by atoms with van der Waals surface area (Å²) in [5.41, 5.74) is 0.0507. The number of carbonyl (C=O) groups is 1. The molecule has 108 valence electrons. The zero-order valence-corrected chi connectivity index (χ0v) is 12.2. The number of esters is 1. The van der Waals surface area contributed by atoms with E-state index < -0.39 is 16.0 Å². The fraction of sp³-hybridized carbons (Fsp3) is 0.385. The lowest BCUT2D eigenvalue weighted by Crippen LogP contribution is -2.36. The van der Waals surface area contributed by atoms with E-state index in [2.05, 4.69) is 0 Å². The van der Waals surface area contributed by atoms with Gasteiger partial charge < -0.3 is 4.74 Å². The van der Waals surface area contributed by atoms with Crippen LogP contribution in [0.2, 0.25) is 0 Å². The molecule has 0 saturated carbocycles. The summed E-state index contributed by atoms with van der Waals surface area (Å²) in [6.07, 6.45) is 0. The van der Waals surface area contributed by atoms with Gasteiger partial charge in [-0.05, 0) is 19.1 Å². The minimum Gasteiger partial charge on any atom is -0.465 e. The van der Waals surface area contributed by atoms with Gasteiger partial charge in [-0.3, -0.25) is 4.79 Å². The predicted octanol–water partition coefficient (Wildman–Crippen LogP) is 1.13. The van der Waals surface area contributed by atoms with Crippen molar-refractivity contribution < 1.29 is 17.9 Å². The van der Waals surface area contributed by atoms with Crippen LogP contribution in [0.5, 0.6) is 0 Å². The summed E-state index contributed by atoms with van der Waals surface area (Å²) < 4.78 is 30.6. The molecule has 0 heterocycles. The fourth-order valence-electron chi connectivity index (χ4n) is 1.64. The lowest BCUT2D eigenvalue weighted by molar-refractivity contribution is -0.143. The molecule has 0 aromatic heterocycles. The second kappa shape index (κ2) is 7.03. The highest BCUT2D eigenvalue weighted by Crippen LogP contribution is 2.19. The van der Waals surface area contributed by atoms with Gasteiger partial charge in [-0.25, -0.2) is 8.42 Å². The van der Waals surface area contributed by atoms with Crippen molar-refractivity contribution in [1.82, 2.24) is 4.31 Å². The topological polar surface area (TPSA) is 87.5 Å². The third kappa shape index (κ3) is 3.56. The monoisotopic (exact) mass is 296 g/mol. The van der Waals surface area contributed by atoms with Crippen LogP contribution in [0.1, 0.15) is 19.4 Å². The normalized spacial score (nSPS) is 11.1. The molecule has 20 heavy (non-hydrogen) atoms. The Bertz CT molecular complexity index is 620. The van der Waals surface area contributed by atoms with Crippen LogP contribution < -0.4 is 0 Å². The first kappa shape index (κ1) is 16.1. The van der Waals surface area contributed by atoms with Crippen molar-refractivity contribution in [2.75, 3.05) is 19.7 Å². The van der Waals surface area contributed by atoms with Crippen molar-refractivity contribution >= 4 is 16.0 Å². The average molecular weight is 296 g/mol. The van der Waals surface area contributed by atoms with Crippen molar-refractivity contribution in [1.29, 1.82) is 5.26 Å². The van der Waals surface area contributed by atoms with Gasteiger partial charge >= 0.3 is 5.97 Å². The average Bonchev–Trinajstić information content (AvgIpc) is 2.44. The number of rotatable bonds is 6. The number of hydrogen-bond acceptors (Lipinski definition) is 5. The third-order valence-electron chi connectivity index (χ3n) is 2.59. The van der Waals surface area contributed by atoms with E-state index in [0.29, 0.717) is 0 Å². The minimum absolute atomic E-state index is 0.0507. The molecule has 1 aromatic carbocycles.